The first-order chi connectivity index (χ1) is 10.3. The molecule has 0 N–H and O–H groups in total. The predicted octanol–water partition coefficient (Wildman–Crippen LogP) is 5.19. The number of carbonyl (C=O) groups is 1. The average molecular weight is 300 g/mol. The minimum absolute atomic E-state index is 0.159. The number of pyridine rings is 1. The molecule has 108 valence electrons. The van der Waals surface area contributed by atoms with Crippen molar-refractivity contribution in [2.75, 3.05) is 0 Å². The van der Waals surface area contributed by atoms with Crippen molar-refractivity contribution in [3.63, 3.8) is 0 Å². The van der Waals surface area contributed by atoms with Crippen molar-refractivity contribution in [3.8, 4) is 0 Å². The monoisotopic (exact) mass is 299 g/mol. The van der Waals surface area contributed by atoms with Gasteiger partial charge < -0.3 is 0 Å². The third kappa shape index (κ3) is 5.52. The van der Waals surface area contributed by atoms with Crippen molar-refractivity contribution in [2.45, 2.75) is 25.7 Å². The molecule has 0 spiro atoms. The van der Waals surface area contributed by atoms with Crippen LogP contribution < -0.4 is 0 Å². The van der Waals surface area contributed by atoms with Gasteiger partial charge in [0.1, 0.15) is 0 Å². The maximum absolute atomic E-state index is 12.0. The van der Waals surface area contributed by atoms with E-state index in [1.807, 2.05) is 36.4 Å². The van der Waals surface area contributed by atoms with E-state index in [0.717, 1.165) is 25.0 Å². The summed E-state index contributed by atoms with van der Waals surface area (Å²) >= 11 is 5.88. The Morgan fingerprint density at radius 2 is 2.05 bits per heavy atom. The maximum atomic E-state index is 12.0. The highest BCUT2D eigenvalue weighted by Gasteiger charge is 2.05. The van der Waals surface area contributed by atoms with Crippen LogP contribution in [0.2, 0.25) is 5.02 Å². The van der Waals surface area contributed by atoms with Crippen LogP contribution in [0.5, 0.6) is 0 Å². The van der Waals surface area contributed by atoms with E-state index in [1.165, 1.54) is 0 Å². The van der Waals surface area contributed by atoms with Crippen molar-refractivity contribution in [1.29, 1.82) is 0 Å². The molecular formula is C18H18ClNO. The highest BCUT2D eigenvalue weighted by Crippen LogP contribution is 2.14. The van der Waals surface area contributed by atoms with E-state index in [-0.39, 0.29) is 5.78 Å². The number of aromatic nitrogens is 1. The van der Waals surface area contributed by atoms with Crippen LogP contribution in [0.1, 0.15) is 41.7 Å². The van der Waals surface area contributed by atoms with Crippen LogP contribution in [0.25, 0.3) is 6.08 Å². The highest BCUT2D eigenvalue weighted by molar-refractivity contribution is 6.31. The van der Waals surface area contributed by atoms with Crippen molar-refractivity contribution in [3.05, 3.63) is 71.0 Å². The fourth-order valence-electron chi connectivity index (χ4n) is 2.03. The normalized spacial score (nSPS) is 10.9. The topological polar surface area (TPSA) is 30.0 Å². The molecule has 0 aliphatic heterocycles. The van der Waals surface area contributed by atoms with Crippen LogP contribution >= 0.6 is 11.6 Å². The summed E-state index contributed by atoms with van der Waals surface area (Å²) in [7, 11) is 0. The Balaban J connectivity index is 1.68. The third-order valence-corrected chi connectivity index (χ3v) is 3.38. The number of unbranched alkanes of at least 4 members (excludes halogenated alkanes) is 2. The van der Waals surface area contributed by atoms with Gasteiger partial charge in [-0.15, -0.1) is 0 Å². The number of hydrogen-bond acceptors (Lipinski definition) is 2. The van der Waals surface area contributed by atoms with Crippen molar-refractivity contribution >= 4 is 23.5 Å². The zero-order chi connectivity index (χ0) is 14.9. The van der Waals surface area contributed by atoms with Gasteiger partial charge in [-0.05, 0) is 49.6 Å². The Kier molecular flexibility index (Phi) is 6.17. The molecule has 0 aliphatic rings. The van der Waals surface area contributed by atoms with Crippen LogP contribution in [0.15, 0.2) is 54.7 Å². The molecule has 21 heavy (non-hydrogen) atoms. The summed E-state index contributed by atoms with van der Waals surface area (Å²) in [4.78, 5) is 16.2. The molecule has 0 aliphatic carbocycles. The van der Waals surface area contributed by atoms with Crippen molar-refractivity contribution in [2.24, 2.45) is 0 Å². The van der Waals surface area contributed by atoms with Gasteiger partial charge in [0.2, 0.25) is 0 Å². The van der Waals surface area contributed by atoms with Gasteiger partial charge in [0, 0.05) is 23.2 Å². The number of allylic oxidation sites excluding steroid dienone is 1. The van der Waals surface area contributed by atoms with E-state index >= 15 is 0 Å². The number of ketones is 1. The summed E-state index contributed by atoms with van der Waals surface area (Å²) in [6.45, 7) is 0. The molecule has 0 saturated carbocycles. The molecule has 0 fully saturated rings. The molecule has 0 radical (unpaired) electrons. The zero-order valence-electron chi connectivity index (χ0n) is 11.8. The van der Waals surface area contributed by atoms with Crippen LogP contribution in [0, 0.1) is 0 Å². The van der Waals surface area contributed by atoms with Crippen LogP contribution in [0.4, 0.5) is 0 Å². The maximum Gasteiger partial charge on any atom is 0.162 e. The van der Waals surface area contributed by atoms with Gasteiger partial charge in [0.25, 0.3) is 0 Å². The number of carbonyl (C=O) groups excluding carboxylic acids is 1. The van der Waals surface area contributed by atoms with Gasteiger partial charge in [0.05, 0.1) is 5.69 Å². The summed E-state index contributed by atoms with van der Waals surface area (Å²) < 4.78 is 0. The lowest BCUT2D eigenvalue weighted by Crippen LogP contribution is -1.98. The lowest BCUT2D eigenvalue weighted by Gasteiger charge is -2.01. The molecule has 3 heteroatoms. The van der Waals surface area contributed by atoms with E-state index in [9.17, 15) is 4.79 Å². The Morgan fingerprint density at radius 1 is 1.14 bits per heavy atom. The SMILES string of the molecule is O=C(CCCCC=Cc1ccccn1)c1cccc(Cl)c1. The lowest BCUT2D eigenvalue weighted by atomic mass is 10.0. The summed E-state index contributed by atoms with van der Waals surface area (Å²) in [6.07, 6.45) is 9.30. The summed E-state index contributed by atoms with van der Waals surface area (Å²) in [5, 5.41) is 0.610. The van der Waals surface area contributed by atoms with Crippen LogP contribution in [-0.2, 0) is 0 Å². The van der Waals surface area contributed by atoms with Gasteiger partial charge in [-0.2, -0.15) is 0 Å². The van der Waals surface area contributed by atoms with E-state index in [2.05, 4.69) is 11.1 Å². The lowest BCUT2D eigenvalue weighted by molar-refractivity contribution is 0.0979. The highest BCUT2D eigenvalue weighted by atomic mass is 35.5. The first-order valence-corrected chi connectivity index (χ1v) is 7.50. The standard InChI is InChI=1S/C18H18ClNO/c19-16-9-7-8-15(14-16)18(21)12-4-2-1-3-10-17-11-5-6-13-20-17/h3,5-11,13-14H,1-2,4,12H2. The van der Waals surface area contributed by atoms with E-state index in [0.29, 0.717) is 17.0 Å². The minimum Gasteiger partial charge on any atom is -0.294 e. The Morgan fingerprint density at radius 3 is 2.81 bits per heavy atom. The second-order valence-corrected chi connectivity index (χ2v) is 5.27. The number of hydrogen-bond donors (Lipinski definition) is 0. The predicted molar refractivity (Wildman–Crippen MR) is 87.5 cm³/mol. The minimum atomic E-state index is 0.159. The zero-order valence-corrected chi connectivity index (χ0v) is 12.6. The average Bonchev–Trinajstić information content (AvgIpc) is 2.51. The molecule has 2 rings (SSSR count). The molecule has 0 atom stereocenters. The van der Waals surface area contributed by atoms with Gasteiger partial charge in [-0.25, -0.2) is 0 Å². The number of halogens is 1. The summed E-state index contributed by atoms with van der Waals surface area (Å²) in [6, 6.07) is 13.0. The fourth-order valence-corrected chi connectivity index (χ4v) is 2.22. The summed E-state index contributed by atoms with van der Waals surface area (Å²) in [5.74, 6) is 0.159. The smallest absolute Gasteiger partial charge is 0.162 e. The molecule has 2 nitrogen and oxygen atoms in total. The van der Waals surface area contributed by atoms with E-state index < -0.39 is 0 Å². The first-order valence-electron chi connectivity index (χ1n) is 7.12. The largest absolute Gasteiger partial charge is 0.294 e. The molecule has 0 amide bonds. The second-order valence-electron chi connectivity index (χ2n) is 4.84. The number of Topliss-reactive ketones (excluding diaryl/α,β-unsaturated/α-hetero) is 1. The molecule has 0 bridgehead atoms. The Labute approximate surface area is 130 Å². The van der Waals surface area contributed by atoms with Crippen molar-refractivity contribution in [1.82, 2.24) is 4.98 Å². The molecule has 1 aromatic carbocycles. The third-order valence-electron chi connectivity index (χ3n) is 3.15. The Bertz CT molecular complexity index is 608. The van der Waals surface area contributed by atoms with E-state index in [1.54, 1.807) is 18.3 Å². The van der Waals surface area contributed by atoms with Crippen molar-refractivity contribution < 1.29 is 4.79 Å². The quantitative estimate of drug-likeness (QED) is 0.520. The van der Waals surface area contributed by atoms with Gasteiger partial charge in [-0.3, -0.25) is 9.78 Å². The van der Waals surface area contributed by atoms with Gasteiger partial charge in [-0.1, -0.05) is 35.9 Å². The number of benzene rings is 1. The van der Waals surface area contributed by atoms with Gasteiger partial charge >= 0.3 is 0 Å². The second kappa shape index (κ2) is 8.38. The summed E-state index contributed by atoms with van der Waals surface area (Å²) in [5.41, 5.74) is 1.67. The van der Waals surface area contributed by atoms with Crippen LogP contribution in [0.3, 0.4) is 0 Å². The molecule has 2 aromatic rings. The molecule has 1 aromatic heterocycles. The first kappa shape index (κ1) is 15.5. The van der Waals surface area contributed by atoms with Crippen LogP contribution in [-0.4, -0.2) is 10.8 Å². The molecular weight excluding hydrogens is 282 g/mol. The molecule has 0 unspecified atom stereocenters. The number of rotatable bonds is 7. The number of nitrogens with zero attached hydrogens (tertiary/aromatic N) is 1. The van der Waals surface area contributed by atoms with E-state index in [4.69, 9.17) is 11.6 Å². The fraction of sp³-hybridized carbons (Fsp3) is 0.222. The molecule has 1 heterocycles. The Hall–Kier alpha value is -1.93. The molecule has 0 saturated heterocycles. The van der Waals surface area contributed by atoms with Gasteiger partial charge in [0.15, 0.2) is 5.78 Å².